The molecular weight excluding hydrogens is 192 g/mol. The fourth-order valence-corrected chi connectivity index (χ4v) is 2.00. The molecule has 0 aromatic carbocycles. The zero-order valence-corrected chi connectivity index (χ0v) is 9.10. The second kappa shape index (κ2) is 4.02. The first-order valence-electron chi connectivity index (χ1n) is 5.17. The molecule has 1 aromatic rings. The SMILES string of the molecule is CC1CN(C)CCN1c1cc(=O)[nH]cn1. The minimum atomic E-state index is -0.0915. The number of aromatic nitrogens is 2. The summed E-state index contributed by atoms with van der Waals surface area (Å²) in [5.41, 5.74) is -0.0915. The van der Waals surface area contributed by atoms with Crippen LogP contribution in [0.4, 0.5) is 5.82 Å². The molecule has 1 atom stereocenters. The smallest absolute Gasteiger partial charge is 0.252 e. The molecule has 1 aromatic heterocycles. The lowest BCUT2D eigenvalue weighted by atomic mass is 10.2. The molecule has 0 radical (unpaired) electrons. The molecule has 0 spiro atoms. The van der Waals surface area contributed by atoms with Gasteiger partial charge in [0.25, 0.3) is 5.56 Å². The maximum absolute atomic E-state index is 11.2. The molecule has 0 saturated carbocycles. The van der Waals surface area contributed by atoms with Crippen molar-refractivity contribution in [3.05, 3.63) is 22.7 Å². The van der Waals surface area contributed by atoms with Gasteiger partial charge in [0.1, 0.15) is 5.82 Å². The molecule has 0 aliphatic carbocycles. The molecule has 2 heterocycles. The number of nitrogens with zero attached hydrogens (tertiary/aromatic N) is 3. The summed E-state index contributed by atoms with van der Waals surface area (Å²) in [6.45, 7) is 5.10. The molecule has 0 amide bonds. The number of H-pyrrole nitrogens is 1. The van der Waals surface area contributed by atoms with Crippen molar-refractivity contribution in [2.24, 2.45) is 0 Å². The van der Waals surface area contributed by atoms with Crippen molar-refractivity contribution in [2.45, 2.75) is 13.0 Å². The molecular formula is C10H16N4O. The van der Waals surface area contributed by atoms with E-state index in [0.717, 1.165) is 25.5 Å². The summed E-state index contributed by atoms with van der Waals surface area (Å²) >= 11 is 0. The average Bonchev–Trinajstić information content (AvgIpc) is 2.17. The minimum Gasteiger partial charge on any atom is -0.351 e. The third-order valence-corrected chi connectivity index (χ3v) is 2.79. The Kier molecular flexibility index (Phi) is 2.73. The second-order valence-electron chi connectivity index (χ2n) is 4.07. The number of likely N-dealkylation sites (N-methyl/N-ethyl adjacent to an activating group) is 1. The topological polar surface area (TPSA) is 52.2 Å². The van der Waals surface area contributed by atoms with E-state index in [9.17, 15) is 4.79 Å². The van der Waals surface area contributed by atoms with Crippen LogP contribution in [0, 0.1) is 0 Å². The van der Waals surface area contributed by atoms with Gasteiger partial charge in [-0.15, -0.1) is 0 Å². The van der Waals surface area contributed by atoms with Crippen LogP contribution in [0.5, 0.6) is 0 Å². The van der Waals surface area contributed by atoms with Gasteiger partial charge in [-0.3, -0.25) is 4.79 Å². The van der Waals surface area contributed by atoms with Gasteiger partial charge in [0, 0.05) is 31.7 Å². The molecule has 1 saturated heterocycles. The standard InChI is InChI=1S/C10H16N4O/c1-8-6-13(2)3-4-14(8)9-5-10(15)12-7-11-9/h5,7-8H,3-4,6H2,1-2H3,(H,11,12,15). The van der Waals surface area contributed by atoms with Crippen LogP contribution in [0.3, 0.4) is 0 Å². The fraction of sp³-hybridized carbons (Fsp3) is 0.600. The quantitative estimate of drug-likeness (QED) is 0.701. The summed E-state index contributed by atoms with van der Waals surface area (Å²) in [4.78, 5) is 22.4. The lowest BCUT2D eigenvalue weighted by Gasteiger charge is -2.38. The Labute approximate surface area is 88.7 Å². The highest BCUT2D eigenvalue weighted by Gasteiger charge is 2.22. The maximum Gasteiger partial charge on any atom is 0.252 e. The number of hydrogen-bond acceptors (Lipinski definition) is 4. The molecule has 1 aliphatic heterocycles. The predicted molar refractivity (Wildman–Crippen MR) is 59.2 cm³/mol. The molecule has 1 aliphatic rings. The number of nitrogens with one attached hydrogen (secondary N) is 1. The molecule has 1 fully saturated rings. The summed E-state index contributed by atoms with van der Waals surface area (Å²) < 4.78 is 0. The monoisotopic (exact) mass is 208 g/mol. The Balaban J connectivity index is 2.20. The van der Waals surface area contributed by atoms with Crippen LogP contribution in [-0.4, -0.2) is 47.6 Å². The Hall–Kier alpha value is -1.36. The fourth-order valence-electron chi connectivity index (χ4n) is 2.00. The van der Waals surface area contributed by atoms with Gasteiger partial charge in [0.2, 0.25) is 0 Å². The highest BCUT2D eigenvalue weighted by Crippen LogP contribution is 2.14. The zero-order chi connectivity index (χ0) is 10.8. The molecule has 1 N–H and O–H groups in total. The predicted octanol–water partition coefficient (Wildman–Crippen LogP) is -0.0898. The van der Waals surface area contributed by atoms with Crippen LogP contribution >= 0.6 is 0 Å². The summed E-state index contributed by atoms with van der Waals surface area (Å²) in [7, 11) is 2.11. The van der Waals surface area contributed by atoms with Gasteiger partial charge in [0.05, 0.1) is 6.33 Å². The van der Waals surface area contributed by atoms with Crippen molar-refractivity contribution in [3.63, 3.8) is 0 Å². The third kappa shape index (κ3) is 2.18. The van der Waals surface area contributed by atoms with Crippen molar-refractivity contribution in [1.29, 1.82) is 0 Å². The van der Waals surface area contributed by atoms with Crippen LogP contribution < -0.4 is 10.5 Å². The lowest BCUT2D eigenvalue weighted by Crippen LogP contribution is -2.51. The van der Waals surface area contributed by atoms with E-state index in [1.54, 1.807) is 6.07 Å². The van der Waals surface area contributed by atoms with E-state index >= 15 is 0 Å². The highest BCUT2D eigenvalue weighted by molar-refractivity contribution is 5.38. The van der Waals surface area contributed by atoms with Gasteiger partial charge in [0.15, 0.2) is 0 Å². The largest absolute Gasteiger partial charge is 0.351 e. The Morgan fingerprint density at radius 1 is 1.53 bits per heavy atom. The first-order valence-corrected chi connectivity index (χ1v) is 5.17. The summed E-state index contributed by atoms with van der Waals surface area (Å²) in [6, 6.07) is 1.96. The van der Waals surface area contributed by atoms with Crippen molar-refractivity contribution in [1.82, 2.24) is 14.9 Å². The number of rotatable bonds is 1. The number of aromatic amines is 1. The van der Waals surface area contributed by atoms with Crippen molar-refractivity contribution < 1.29 is 0 Å². The van der Waals surface area contributed by atoms with Crippen LogP contribution in [0.2, 0.25) is 0 Å². The van der Waals surface area contributed by atoms with Crippen LogP contribution in [0.1, 0.15) is 6.92 Å². The summed E-state index contributed by atoms with van der Waals surface area (Å²) in [5.74, 6) is 0.777. The van der Waals surface area contributed by atoms with E-state index in [-0.39, 0.29) is 5.56 Å². The Morgan fingerprint density at radius 2 is 2.33 bits per heavy atom. The molecule has 5 heteroatoms. The Bertz CT molecular complexity index is 389. The maximum atomic E-state index is 11.2. The highest BCUT2D eigenvalue weighted by atomic mass is 16.1. The van der Waals surface area contributed by atoms with Crippen LogP contribution in [0.15, 0.2) is 17.2 Å². The number of piperazine rings is 1. The Morgan fingerprint density at radius 3 is 3.00 bits per heavy atom. The summed E-state index contributed by atoms with van der Waals surface area (Å²) in [5, 5.41) is 0. The second-order valence-corrected chi connectivity index (χ2v) is 4.07. The molecule has 82 valence electrons. The lowest BCUT2D eigenvalue weighted by molar-refractivity contribution is 0.274. The molecule has 0 bridgehead atoms. The van der Waals surface area contributed by atoms with E-state index in [4.69, 9.17) is 0 Å². The normalized spacial score (nSPS) is 23.1. The van der Waals surface area contributed by atoms with Crippen molar-refractivity contribution >= 4 is 5.82 Å². The van der Waals surface area contributed by atoms with Crippen molar-refractivity contribution in [2.75, 3.05) is 31.6 Å². The molecule has 1 unspecified atom stereocenters. The third-order valence-electron chi connectivity index (χ3n) is 2.79. The summed E-state index contributed by atoms with van der Waals surface area (Å²) in [6.07, 6.45) is 1.46. The molecule has 2 rings (SSSR count). The van der Waals surface area contributed by atoms with E-state index in [2.05, 4.69) is 33.7 Å². The van der Waals surface area contributed by atoms with Gasteiger partial charge < -0.3 is 14.8 Å². The van der Waals surface area contributed by atoms with Crippen LogP contribution in [0.25, 0.3) is 0 Å². The first kappa shape index (κ1) is 10.2. The van der Waals surface area contributed by atoms with E-state index in [1.165, 1.54) is 6.33 Å². The van der Waals surface area contributed by atoms with Crippen molar-refractivity contribution in [3.8, 4) is 0 Å². The minimum absolute atomic E-state index is 0.0915. The van der Waals surface area contributed by atoms with Gasteiger partial charge in [-0.05, 0) is 14.0 Å². The van der Waals surface area contributed by atoms with Gasteiger partial charge in [-0.2, -0.15) is 0 Å². The first-order chi connectivity index (χ1) is 7.16. The molecule has 5 nitrogen and oxygen atoms in total. The van der Waals surface area contributed by atoms with Gasteiger partial charge >= 0.3 is 0 Å². The van der Waals surface area contributed by atoms with Gasteiger partial charge in [-0.25, -0.2) is 4.98 Å². The average molecular weight is 208 g/mol. The van der Waals surface area contributed by atoms with Gasteiger partial charge in [-0.1, -0.05) is 0 Å². The van der Waals surface area contributed by atoms with E-state index in [0.29, 0.717) is 6.04 Å². The zero-order valence-electron chi connectivity index (χ0n) is 9.10. The van der Waals surface area contributed by atoms with E-state index < -0.39 is 0 Å². The van der Waals surface area contributed by atoms with E-state index in [1.807, 2.05) is 0 Å². The number of anilines is 1. The molecule has 15 heavy (non-hydrogen) atoms. The van der Waals surface area contributed by atoms with Crippen LogP contribution in [-0.2, 0) is 0 Å². The number of hydrogen-bond donors (Lipinski definition) is 1.